The van der Waals surface area contributed by atoms with Gasteiger partial charge in [-0.1, -0.05) is 23.8 Å². The molecule has 0 unspecified atom stereocenters. The molecule has 0 aliphatic heterocycles. The summed E-state index contributed by atoms with van der Waals surface area (Å²) in [6.07, 6.45) is 8.73. The lowest BCUT2D eigenvalue weighted by atomic mass is 9.94. The molecule has 74 valence electrons. The van der Waals surface area contributed by atoms with Crippen LogP contribution in [0.1, 0.15) is 31.2 Å². The Morgan fingerprint density at radius 1 is 1.21 bits per heavy atom. The number of nitrogens with two attached hydrogens (primary N) is 1. The Morgan fingerprint density at radius 2 is 2.14 bits per heavy atom. The predicted octanol–water partition coefficient (Wildman–Crippen LogP) is 3.31. The summed E-state index contributed by atoms with van der Waals surface area (Å²) >= 11 is 0. The number of hydrogen-bond donors (Lipinski definition) is 1. The summed E-state index contributed by atoms with van der Waals surface area (Å²) in [4.78, 5) is 0. The van der Waals surface area contributed by atoms with Crippen LogP contribution in [-0.2, 0) is 6.42 Å². The van der Waals surface area contributed by atoms with Gasteiger partial charge in [0.1, 0.15) is 0 Å². The van der Waals surface area contributed by atoms with Crippen LogP contribution in [0.15, 0.2) is 35.9 Å². The lowest BCUT2D eigenvalue weighted by Gasteiger charge is -2.12. The third-order valence-electron chi connectivity index (χ3n) is 2.77. The molecule has 1 heteroatoms. The number of hydrogen-bond acceptors (Lipinski definition) is 1. The van der Waals surface area contributed by atoms with Crippen molar-refractivity contribution in [3.63, 3.8) is 0 Å². The molecule has 0 spiro atoms. The molecule has 1 nitrogen and oxygen atoms in total. The quantitative estimate of drug-likeness (QED) is 0.558. The van der Waals surface area contributed by atoms with Crippen molar-refractivity contribution in [2.24, 2.45) is 0 Å². The van der Waals surface area contributed by atoms with E-state index in [0.29, 0.717) is 0 Å². The second-order valence-corrected chi connectivity index (χ2v) is 4.03. The molecule has 0 amide bonds. The lowest BCUT2D eigenvalue weighted by Crippen LogP contribution is -1.96. The van der Waals surface area contributed by atoms with Crippen molar-refractivity contribution >= 4 is 5.69 Å². The van der Waals surface area contributed by atoms with Gasteiger partial charge in [0.15, 0.2) is 0 Å². The minimum Gasteiger partial charge on any atom is -0.399 e. The van der Waals surface area contributed by atoms with Crippen LogP contribution >= 0.6 is 0 Å². The van der Waals surface area contributed by atoms with Crippen LogP contribution < -0.4 is 5.73 Å². The van der Waals surface area contributed by atoms with E-state index in [-0.39, 0.29) is 0 Å². The van der Waals surface area contributed by atoms with E-state index < -0.39 is 0 Å². The highest BCUT2D eigenvalue weighted by Gasteiger charge is 2.04. The largest absolute Gasteiger partial charge is 0.399 e. The van der Waals surface area contributed by atoms with Gasteiger partial charge < -0.3 is 5.73 Å². The Morgan fingerprint density at radius 3 is 2.86 bits per heavy atom. The molecular formula is C13H17N. The summed E-state index contributed by atoms with van der Waals surface area (Å²) in [5.74, 6) is 0. The minimum atomic E-state index is 0.874. The Balaban J connectivity index is 2.06. The molecular weight excluding hydrogens is 170 g/mol. The van der Waals surface area contributed by atoms with E-state index in [1.54, 1.807) is 5.57 Å². The van der Waals surface area contributed by atoms with Crippen LogP contribution in [-0.4, -0.2) is 0 Å². The topological polar surface area (TPSA) is 26.0 Å². The Labute approximate surface area is 85.6 Å². The highest BCUT2D eigenvalue weighted by Crippen LogP contribution is 2.21. The number of nitrogen functional groups attached to an aromatic ring is 1. The molecule has 1 aliphatic carbocycles. The average Bonchev–Trinajstić information content (AvgIpc) is 2.19. The van der Waals surface area contributed by atoms with E-state index in [2.05, 4.69) is 18.2 Å². The van der Waals surface area contributed by atoms with Gasteiger partial charge in [-0.05, 0) is 49.8 Å². The van der Waals surface area contributed by atoms with E-state index in [4.69, 9.17) is 5.73 Å². The molecule has 0 aromatic heterocycles. The van der Waals surface area contributed by atoms with Crippen LogP contribution in [0.3, 0.4) is 0 Å². The van der Waals surface area contributed by atoms with E-state index in [9.17, 15) is 0 Å². The van der Waals surface area contributed by atoms with Crippen LogP contribution in [0.25, 0.3) is 0 Å². The molecule has 14 heavy (non-hydrogen) atoms. The third kappa shape index (κ3) is 2.38. The van der Waals surface area contributed by atoms with Gasteiger partial charge in [-0.15, -0.1) is 0 Å². The first-order chi connectivity index (χ1) is 6.84. The zero-order chi connectivity index (χ0) is 9.80. The second kappa shape index (κ2) is 4.32. The van der Waals surface area contributed by atoms with Gasteiger partial charge in [0, 0.05) is 5.69 Å². The van der Waals surface area contributed by atoms with Gasteiger partial charge in [0.05, 0.1) is 0 Å². The van der Waals surface area contributed by atoms with Crippen molar-refractivity contribution in [3.05, 3.63) is 41.5 Å². The van der Waals surface area contributed by atoms with Crippen LogP contribution in [0.5, 0.6) is 0 Å². The standard InChI is InChI=1S/C13H17N/c14-13-8-4-7-12(10-13)9-11-5-2-1-3-6-11/h4-5,7-8,10H,1-3,6,9,14H2. The van der Waals surface area contributed by atoms with Crippen molar-refractivity contribution in [1.82, 2.24) is 0 Å². The maximum Gasteiger partial charge on any atom is 0.0316 e. The first-order valence-corrected chi connectivity index (χ1v) is 5.37. The summed E-state index contributed by atoms with van der Waals surface area (Å²) < 4.78 is 0. The molecule has 2 rings (SSSR count). The maximum atomic E-state index is 5.74. The number of rotatable bonds is 2. The summed E-state index contributed by atoms with van der Waals surface area (Å²) in [5.41, 5.74) is 9.55. The molecule has 0 atom stereocenters. The molecule has 0 fully saturated rings. The zero-order valence-corrected chi connectivity index (χ0v) is 8.50. The molecule has 0 radical (unpaired) electrons. The lowest BCUT2D eigenvalue weighted by molar-refractivity contribution is 0.688. The average molecular weight is 187 g/mol. The zero-order valence-electron chi connectivity index (χ0n) is 8.50. The van der Waals surface area contributed by atoms with Gasteiger partial charge in [0.2, 0.25) is 0 Å². The van der Waals surface area contributed by atoms with Crippen molar-refractivity contribution in [2.75, 3.05) is 5.73 Å². The number of anilines is 1. The smallest absolute Gasteiger partial charge is 0.0316 e. The summed E-state index contributed by atoms with van der Waals surface area (Å²) in [6, 6.07) is 8.22. The molecule has 1 aromatic carbocycles. The Bertz CT molecular complexity index is 339. The van der Waals surface area contributed by atoms with Gasteiger partial charge >= 0.3 is 0 Å². The van der Waals surface area contributed by atoms with Crippen molar-refractivity contribution in [1.29, 1.82) is 0 Å². The molecule has 0 heterocycles. The van der Waals surface area contributed by atoms with E-state index >= 15 is 0 Å². The molecule has 0 saturated heterocycles. The van der Waals surface area contributed by atoms with E-state index in [0.717, 1.165) is 12.1 Å². The molecule has 1 aromatic rings. The molecule has 0 bridgehead atoms. The highest BCUT2D eigenvalue weighted by atomic mass is 14.5. The fourth-order valence-corrected chi connectivity index (χ4v) is 2.03. The van der Waals surface area contributed by atoms with Crippen LogP contribution in [0, 0.1) is 0 Å². The highest BCUT2D eigenvalue weighted by molar-refractivity contribution is 5.41. The van der Waals surface area contributed by atoms with E-state index in [1.165, 1.54) is 31.2 Å². The Kier molecular flexibility index (Phi) is 2.87. The molecule has 0 saturated carbocycles. The van der Waals surface area contributed by atoms with Gasteiger partial charge in [-0.25, -0.2) is 0 Å². The predicted molar refractivity (Wildman–Crippen MR) is 61.1 cm³/mol. The third-order valence-corrected chi connectivity index (χ3v) is 2.77. The number of allylic oxidation sites excluding steroid dienone is 2. The van der Waals surface area contributed by atoms with Crippen molar-refractivity contribution in [2.45, 2.75) is 32.1 Å². The Hall–Kier alpha value is -1.24. The van der Waals surface area contributed by atoms with Crippen molar-refractivity contribution < 1.29 is 0 Å². The maximum absolute atomic E-state index is 5.74. The fraction of sp³-hybridized carbons (Fsp3) is 0.385. The summed E-state index contributed by atoms with van der Waals surface area (Å²) in [6.45, 7) is 0. The molecule has 1 aliphatic rings. The SMILES string of the molecule is Nc1cccc(CC2=CCCCC2)c1. The van der Waals surface area contributed by atoms with Crippen LogP contribution in [0.2, 0.25) is 0 Å². The normalized spacial score (nSPS) is 16.4. The summed E-state index contributed by atoms with van der Waals surface area (Å²) in [7, 11) is 0. The first-order valence-electron chi connectivity index (χ1n) is 5.37. The van der Waals surface area contributed by atoms with Gasteiger partial charge in [-0.2, -0.15) is 0 Å². The first kappa shape index (κ1) is 9.32. The van der Waals surface area contributed by atoms with Crippen LogP contribution in [0.4, 0.5) is 5.69 Å². The van der Waals surface area contributed by atoms with Gasteiger partial charge in [-0.3, -0.25) is 0 Å². The summed E-state index contributed by atoms with van der Waals surface area (Å²) in [5, 5.41) is 0. The van der Waals surface area contributed by atoms with E-state index in [1.807, 2.05) is 12.1 Å². The van der Waals surface area contributed by atoms with Crippen molar-refractivity contribution in [3.8, 4) is 0 Å². The van der Waals surface area contributed by atoms with Gasteiger partial charge in [0.25, 0.3) is 0 Å². The second-order valence-electron chi connectivity index (χ2n) is 4.03. The minimum absolute atomic E-state index is 0.874. The fourth-order valence-electron chi connectivity index (χ4n) is 2.03. The monoisotopic (exact) mass is 187 g/mol. The molecule has 2 N–H and O–H groups in total. The number of benzene rings is 1.